The lowest BCUT2D eigenvalue weighted by Crippen LogP contribution is -2.18. The molecule has 2 rings (SSSR count). The van der Waals surface area contributed by atoms with Crippen molar-refractivity contribution in [3.63, 3.8) is 0 Å². The predicted octanol–water partition coefficient (Wildman–Crippen LogP) is 4.99. The van der Waals surface area contributed by atoms with Crippen molar-refractivity contribution in [2.24, 2.45) is 5.92 Å². The van der Waals surface area contributed by atoms with Crippen LogP contribution in [0.4, 0.5) is 0 Å². The van der Waals surface area contributed by atoms with E-state index in [9.17, 15) is 0 Å². The van der Waals surface area contributed by atoms with E-state index in [1.165, 1.54) is 54.1 Å². The average Bonchev–Trinajstić information content (AvgIpc) is 2.87. The summed E-state index contributed by atoms with van der Waals surface area (Å²) in [7, 11) is 2.08. The molecular weight excluding hydrogens is 286 g/mol. The third-order valence-electron chi connectivity index (χ3n) is 4.21. The maximum Gasteiger partial charge on any atom is 0.0328 e. The van der Waals surface area contributed by atoms with E-state index < -0.39 is 0 Å². The molecule has 100 valence electrons. The molecular formula is C16H24BrN. The van der Waals surface area contributed by atoms with E-state index in [0.29, 0.717) is 6.04 Å². The van der Waals surface area contributed by atoms with Gasteiger partial charge in [-0.1, -0.05) is 59.3 Å². The SMILES string of the molecule is CNC(CCC1CCCC1)c1cc(C)ccc1Br. The normalized spacial score (nSPS) is 18.2. The second-order valence-electron chi connectivity index (χ2n) is 5.59. The van der Waals surface area contributed by atoms with Crippen LogP contribution < -0.4 is 5.32 Å². The first-order chi connectivity index (χ1) is 8.70. The summed E-state index contributed by atoms with van der Waals surface area (Å²) in [4.78, 5) is 0. The number of hydrogen-bond acceptors (Lipinski definition) is 1. The van der Waals surface area contributed by atoms with Crippen LogP contribution in [-0.4, -0.2) is 7.05 Å². The summed E-state index contributed by atoms with van der Waals surface area (Å²) in [5.74, 6) is 0.976. The summed E-state index contributed by atoms with van der Waals surface area (Å²) in [5, 5.41) is 3.48. The van der Waals surface area contributed by atoms with Crippen LogP contribution in [0.2, 0.25) is 0 Å². The molecule has 0 heterocycles. The van der Waals surface area contributed by atoms with Gasteiger partial charge in [0.05, 0.1) is 0 Å². The Labute approximate surface area is 119 Å². The van der Waals surface area contributed by atoms with Crippen molar-refractivity contribution in [2.45, 2.75) is 51.5 Å². The maximum atomic E-state index is 3.69. The number of nitrogens with one attached hydrogen (secondary N) is 1. The zero-order chi connectivity index (χ0) is 13.0. The van der Waals surface area contributed by atoms with Gasteiger partial charge in [-0.15, -0.1) is 0 Å². The van der Waals surface area contributed by atoms with Gasteiger partial charge in [0, 0.05) is 10.5 Å². The molecule has 0 amide bonds. The van der Waals surface area contributed by atoms with Gasteiger partial charge in [0.25, 0.3) is 0 Å². The Bertz CT molecular complexity index is 383. The summed E-state index contributed by atoms with van der Waals surface area (Å²) in [6.07, 6.45) is 8.41. The molecule has 2 heteroatoms. The van der Waals surface area contributed by atoms with Crippen LogP contribution in [0.3, 0.4) is 0 Å². The first kappa shape index (κ1) is 14.1. The van der Waals surface area contributed by atoms with Crippen molar-refractivity contribution < 1.29 is 0 Å². The van der Waals surface area contributed by atoms with E-state index in [2.05, 4.69) is 53.4 Å². The van der Waals surface area contributed by atoms with E-state index in [0.717, 1.165) is 5.92 Å². The molecule has 1 N–H and O–H groups in total. The second-order valence-corrected chi connectivity index (χ2v) is 6.45. The van der Waals surface area contributed by atoms with Crippen molar-refractivity contribution in [3.05, 3.63) is 33.8 Å². The Balaban J connectivity index is 2.00. The van der Waals surface area contributed by atoms with Gasteiger partial charge in [-0.3, -0.25) is 0 Å². The molecule has 18 heavy (non-hydrogen) atoms. The lowest BCUT2D eigenvalue weighted by atomic mass is 9.94. The number of halogens is 1. The van der Waals surface area contributed by atoms with Crippen molar-refractivity contribution in [1.82, 2.24) is 5.32 Å². The van der Waals surface area contributed by atoms with Gasteiger partial charge in [0.2, 0.25) is 0 Å². The minimum Gasteiger partial charge on any atom is -0.313 e. The number of aryl methyl sites for hydroxylation is 1. The van der Waals surface area contributed by atoms with E-state index in [-0.39, 0.29) is 0 Å². The summed E-state index contributed by atoms with van der Waals surface area (Å²) in [6, 6.07) is 7.13. The molecule has 1 aromatic rings. The first-order valence-electron chi connectivity index (χ1n) is 7.14. The van der Waals surface area contributed by atoms with Crippen LogP contribution in [0.25, 0.3) is 0 Å². The monoisotopic (exact) mass is 309 g/mol. The minimum atomic E-state index is 0.486. The molecule has 0 radical (unpaired) electrons. The van der Waals surface area contributed by atoms with Crippen LogP contribution >= 0.6 is 15.9 Å². The lowest BCUT2D eigenvalue weighted by Gasteiger charge is -2.20. The predicted molar refractivity (Wildman–Crippen MR) is 81.9 cm³/mol. The van der Waals surface area contributed by atoms with Crippen molar-refractivity contribution >= 4 is 15.9 Å². The fraction of sp³-hybridized carbons (Fsp3) is 0.625. The van der Waals surface area contributed by atoms with Crippen LogP contribution in [0.15, 0.2) is 22.7 Å². The van der Waals surface area contributed by atoms with Crippen LogP contribution in [0, 0.1) is 12.8 Å². The Morgan fingerprint density at radius 2 is 2.06 bits per heavy atom. The zero-order valence-electron chi connectivity index (χ0n) is 11.5. The summed E-state index contributed by atoms with van der Waals surface area (Å²) >= 11 is 3.69. The summed E-state index contributed by atoms with van der Waals surface area (Å²) < 4.78 is 1.24. The molecule has 1 aromatic carbocycles. The van der Waals surface area contributed by atoms with Crippen LogP contribution in [0.1, 0.15) is 55.7 Å². The van der Waals surface area contributed by atoms with Gasteiger partial charge < -0.3 is 5.32 Å². The molecule has 0 spiro atoms. The Morgan fingerprint density at radius 3 is 2.72 bits per heavy atom. The van der Waals surface area contributed by atoms with Gasteiger partial charge >= 0.3 is 0 Å². The number of rotatable bonds is 5. The van der Waals surface area contributed by atoms with Crippen LogP contribution in [0.5, 0.6) is 0 Å². The molecule has 1 aliphatic rings. The smallest absolute Gasteiger partial charge is 0.0328 e. The molecule has 1 atom stereocenters. The zero-order valence-corrected chi connectivity index (χ0v) is 13.1. The topological polar surface area (TPSA) is 12.0 Å². The standard InChI is InChI=1S/C16H24BrN/c1-12-7-9-15(17)14(11-12)16(18-2)10-8-13-5-3-4-6-13/h7,9,11,13,16,18H,3-6,8,10H2,1-2H3. The fourth-order valence-electron chi connectivity index (χ4n) is 3.09. The Hall–Kier alpha value is -0.340. The van der Waals surface area contributed by atoms with Crippen molar-refractivity contribution in [2.75, 3.05) is 7.05 Å². The second kappa shape index (κ2) is 6.72. The molecule has 1 nitrogen and oxygen atoms in total. The highest BCUT2D eigenvalue weighted by atomic mass is 79.9. The first-order valence-corrected chi connectivity index (χ1v) is 7.93. The highest BCUT2D eigenvalue weighted by Crippen LogP contribution is 2.33. The van der Waals surface area contributed by atoms with Crippen molar-refractivity contribution in [1.29, 1.82) is 0 Å². The molecule has 1 unspecified atom stereocenters. The van der Waals surface area contributed by atoms with Gasteiger partial charge in [-0.25, -0.2) is 0 Å². The third-order valence-corrected chi connectivity index (χ3v) is 4.94. The van der Waals surface area contributed by atoms with Gasteiger partial charge in [0.1, 0.15) is 0 Å². The largest absolute Gasteiger partial charge is 0.313 e. The van der Waals surface area contributed by atoms with E-state index in [1.54, 1.807) is 0 Å². The highest BCUT2D eigenvalue weighted by molar-refractivity contribution is 9.10. The van der Waals surface area contributed by atoms with Gasteiger partial charge in [-0.2, -0.15) is 0 Å². The molecule has 0 bridgehead atoms. The van der Waals surface area contributed by atoms with Crippen molar-refractivity contribution in [3.8, 4) is 0 Å². The number of hydrogen-bond donors (Lipinski definition) is 1. The van der Waals surface area contributed by atoms with E-state index >= 15 is 0 Å². The fourth-order valence-corrected chi connectivity index (χ4v) is 3.61. The summed E-state index contributed by atoms with van der Waals surface area (Å²) in [6.45, 7) is 2.17. The molecule has 1 saturated carbocycles. The molecule has 1 aliphatic carbocycles. The van der Waals surface area contributed by atoms with Gasteiger partial charge in [-0.05, 0) is 44.4 Å². The molecule has 1 fully saturated rings. The molecule has 0 saturated heterocycles. The van der Waals surface area contributed by atoms with E-state index in [1.807, 2.05) is 0 Å². The molecule has 0 aliphatic heterocycles. The molecule has 0 aromatic heterocycles. The average molecular weight is 310 g/mol. The lowest BCUT2D eigenvalue weighted by molar-refractivity contribution is 0.426. The highest BCUT2D eigenvalue weighted by Gasteiger charge is 2.18. The van der Waals surface area contributed by atoms with E-state index in [4.69, 9.17) is 0 Å². The quantitative estimate of drug-likeness (QED) is 0.808. The van der Waals surface area contributed by atoms with Crippen LogP contribution in [-0.2, 0) is 0 Å². The summed E-state index contributed by atoms with van der Waals surface area (Å²) in [5.41, 5.74) is 2.75. The number of benzene rings is 1. The maximum absolute atomic E-state index is 3.69. The third kappa shape index (κ3) is 3.58. The van der Waals surface area contributed by atoms with Gasteiger partial charge in [0.15, 0.2) is 0 Å². The minimum absolute atomic E-state index is 0.486. The Morgan fingerprint density at radius 1 is 1.33 bits per heavy atom. The Kier molecular flexibility index (Phi) is 5.25.